The van der Waals surface area contributed by atoms with E-state index in [1.807, 2.05) is 16.7 Å². The summed E-state index contributed by atoms with van der Waals surface area (Å²) in [4.78, 5) is 28.3. The van der Waals surface area contributed by atoms with Crippen LogP contribution in [0.3, 0.4) is 0 Å². The fourth-order valence-electron chi connectivity index (χ4n) is 3.83. The molecule has 1 aliphatic carbocycles. The highest BCUT2D eigenvalue weighted by atomic mass is 16.6. The molecular formula is C23H25N5O4. The Balaban J connectivity index is 1.43. The van der Waals surface area contributed by atoms with Crippen molar-refractivity contribution in [1.29, 1.82) is 5.41 Å². The predicted molar refractivity (Wildman–Crippen MR) is 119 cm³/mol. The zero-order valence-electron chi connectivity index (χ0n) is 17.5. The zero-order valence-corrected chi connectivity index (χ0v) is 17.5. The summed E-state index contributed by atoms with van der Waals surface area (Å²) >= 11 is 0. The lowest BCUT2D eigenvalue weighted by molar-refractivity contribution is 0.0515. The molecule has 0 atom stereocenters. The van der Waals surface area contributed by atoms with Crippen LogP contribution in [0.2, 0.25) is 0 Å². The summed E-state index contributed by atoms with van der Waals surface area (Å²) in [5, 5.41) is 10.7. The Bertz CT molecular complexity index is 1130. The van der Waals surface area contributed by atoms with Gasteiger partial charge >= 0.3 is 12.1 Å². The quantitative estimate of drug-likeness (QED) is 0.243. The summed E-state index contributed by atoms with van der Waals surface area (Å²) in [5.41, 5.74) is 8.47. The molecule has 1 amide bonds. The largest absolute Gasteiger partial charge is 0.446 e. The Labute approximate surface area is 185 Å². The Morgan fingerprint density at radius 3 is 2.53 bits per heavy atom. The first kappa shape index (κ1) is 21.5. The number of ether oxygens (including phenoxy) is 2. The van der Waals surface area contributed by atoms with E-state index in [4.69, 9.17) is 20.6 Å². The number of nitrogens with zero attached hydrogens (tertiary/aromatic N) is 2. The van der Waals surface area contributed by atoms with Gasteiger partial charge in [-0.2, -0.15) is 0 Å². The smallest absolute Gasteiger partial charge is 0.413 e. The van der Waals surface area contributed by atoms with Crippen molar-refractivity contribution in [3.63, 3.8) is 0 Å². The Morgan fingerprint density at radius 1 is 1.09 bits per heavy atom. The highest BCUT2D eigenvalue weighted by Crippen LogP contribution is 2.21. The first-order valence-electron chi connectivity index (χ1n) is 10.6. The summed E-state index contributed by atoms with van der Waals surface area (Å²) in [5.74, 6) is -0.516. The molecule has 1 fully saturated rings. The molecule has 0 radical (unpaired) electrons. The lowest BCUT2D eigenvalue weighted by atomic mass is 9.98. The number of imidazole rings is 1. The number of amides is 1. The van der Waals surface area contributed by atoms with Gasteiger partial charge in [-0.25, -0.2) is 14.6 Å². The van der Waals surface area contributed by atoms with Crippen LogP contribution in [-0.2, 0) is 9.47 Å². The summed E-state index contributed by atoms with van der Waals surface area (Å²) in [6.07, 6.45) is 6.08. The van der Waals surface area contributed by atoms with Crippen LogP contribution < -0.4 is 11.1 Å². The van der Waals surface area contributed by atoms with Gasteiger partial charge in [-0.1, -0.05) is 6.42 Å². The molecule has 1 saturated carbocycles. The number of esters is 1. The molecule has 4 N–H and O–H groups in total. The van der Waals surface area contributed by atoms with Crippen LogP contribution in [0, 0.1) is 5.41 Å². The number of rotatable bonds is 5. The van der Waals surface area contributed by atoms with E-state index in [0.717, 1.165) is 36.9 Å². The predicted octanol–water partition coefficient (Wildman–Crippen LogP) is 3.48. The number of nitrogens with one attached hydrogen (secondary N) is 2. The van der Waals surface area contributed by atoms with Gasteiger partial charge in [0.1, 0.15) is 25.0 Å². The van der Waals surface area contributed by atoms with E-state index in [0.29, 0.717) is 16.6 Å². The van der Waals surface area contributed by atoms with Gasteiger partial charge in [-0.15, -0.1) is 0 Å². The highest BCUT2D eigenvalue weighted by Gasteiger charge is 2.18. The molecule has 0 spiro atoms. The molecule has 1 aromatic heterocycles. The van der Waals surface area contributed by atoms with Crippen LogP contribution in [-0.4, -0.2) is 40.3 Å². The summed E-state index contributed by atoms with van der Waals surface area (Å²) < 4.78 is 12.1. The molecule has 0 aliphatic heterocycles. The molecule has 1 heterocycles. The van der Waals surface area contributed by atoms with Crippen molar-refractivity contribution < 1.29 is 19.1 Å². The third-order valence-electron chi connectivity index (χ3n) is 5.48. The number of benzene rings is 2. The Morgan fingerprint density at radius 2 is 1.81 bits per heavy atom. The number of fused-ring (bicyclic) bond motifs is 1. The van der Waals surface area contributed by atoms with Crippen LogP contribution >= 0.6 is 0 Å². The van der Waals surface area contributed by atoms with Gasteiger partial charge in [0.25, 0.3) is 0 Å². The fourth-order valence-corrected chi connectivity index (χ4v) is 3.83. The van der Waals surface area contributed by atoms with Crippen molar-refractivity contribution >= 4 is 28.9 Å². The van der Waals surface area contributed by atoms with E-state index >= 15 is 0 Å². The summed E-state index contributed by atoms with van der Waals surface area (Å²) in [7, 11) is 0. The van der Waals surface area contributed by atoms with Gasteiger partial charge < -0.3 is 9.47 Å². The fraction of sp³-hybridized carbons (Fsp3) is 0.304. The molecule has 2 aromatic carbocycles. The van der Waals surface area contributed by atoms with Crippen LogP contribution in [0.15, 0.2) is 48.8 Å². The average molecular weight is 435 g/mol. The second kappa shape index (κ2) is 9.61. The zero-order chi connectivity index (χ0) is 22.5. The van der Waals surface area contributed by atoms with Gasteiger partial charge in [0.05, 0.1) is 16.6 Å². The van der Waals surface area contributed by atoms with Crippen LogP contribution in [0.1, 0.15) is 48.0 Å². The monoisotopic (exact) mass is 435 g/mol. The average Bonchev–Trinajstić information content (AvgIpc) is 3.23. The number of hydrogen-bond acceptors (Lipinski definition) is 7. The minimum absolute atomic E-state index is 0.0177. The van der Waals surface area contributed by atoms with Gasteiger partial charge in [0.15, 0.2) is 0 Å². The van der Waals surface area contributed by atoms with Crippen molar-refractivity contribution in [3.8, 4) is 5.69 Å². The van der Waals surface area contributed by atoms with Crippen molar-refractivity contribution in [2.45, 2.75) is 38.2 Å². The molecule has 0 saturated heterocycles. The van der Waals surface area contributed by atoms with Crippen LogP contribution in [0.25, 0.3) is 16.7 Å². The van der Waals surface area contributed by atoms with E-state index in [2.05, 4.69) is 10.3 Å². The van der Waals surface area contributed by atoms with Crippen LogP contribution in [0.5, 0.6) is 0 Å². The standard InChI is InChI=1S/C23H25N5O4/c24-13-31-22(29)16-8-11-20-19(12-16)26-14-28(20)17-9-6-15(7-10-17)21(25)27-23(30)32-18-4-2-1-3-5-18/h6-12,14,18H,1-5,13,24H2,(H2,25,27,30). The molecule has 0 unspecified atom stereocenters. The lowest BCUT2D eigenvalue weighted by Gasteiger charge is -2.21. The second-order valence-electron chi connectivity index (χ2n) is 7.63. The first-order chi connectivity index (χ1) is 15.5. The third kappa shape index (κ3) is 4.78. The van der Waals surface area contributed by atoms with Crippen molar-refractivity contribution in [3.05, 3.63) is 59.9 Å². The number of carbonyl (C=O) groups is 2. The molecule has 1 aliphatic rings. The Hall–Kier alpha value is -3.72. The number of nitrogens with two attached hydrogens (primary N) is 1. The maximum Gasteiger partial charge on any atom is 0.413 e. The van der Waals surface area contributed by atoms with Gasteiger partial charge in [-0.3, -0.25) is 21.0 Å². The molecule has 9 heteroatoms. The molecule has 3 aromatic rings. The minimum Gasteiger partial charge on any atom is -0.446 e. The molecule has 0 bridgehead atoms. The lowest BCUT2D eigenvalue weighted by Crippen LogP contribution is -2.34. The van der Waals surface area contributed by atoms with E-state index in [1.54, 1.807) is 36.7 Å². The molecular weight excluding hydrogens is 410 g/mol. The molecule has 9 nitrogen and oxygen atoms in total. The number of amidine groups is 1. The molecule has 166 valence electrons. The van der Waals surface area contributed by atoms with Crippen LogP contribution in [0.4, 0.5) is 4.79 Å². The maximum atomic E-state index is 12.1. The maximum absolute atomic E-state index is 12.1. The third-order valence-corrected chi connectivity index (χ3v) is 5.48. The van der Waals surface area contributed by atoms with Crippen molar-refractivity contribution in [1.82, 2.24) is 14.9 Å². The molecule has 32 heavy (non-hydrogen) atoms. The normalized spacial score (nSPS) is 14.2. The number of aromatic nitrogens is 2. The SMILES string of the molecule is N=C(NC(=O)OC1CCCCC1)c1ccc(-n2cnc3cc(C(=O)OCN)ccc32)cc1. The highest BCUT2D eigenvalue weighted by molar-refractivity contribution is 6.04. The number of alkyl carbamates (subject to hydrolysis) is 1. The number of hydrogen-bond donors (Lipinski definition) is 3. The van der Waals surface area contributed by atoms with Gasteiger partial charge in [0.2, 0.25) is 0 Å². The van der Waals surface area contributed by atoms with E-state index < -0.39 is 12.1 Å². The van der Waals surface area contributed by atoms with Gasteiger partial charge in [0, 0.05) is 11.3 Å². The van der Waals surface area contributed by atoms with E-state index in [9.17, 15) is 9.59 Å². The molecule has 4 rings (SSSR count). The Kier molecular flexibility index (Phi) is 6.46. The summed E-state index contributed by atoms with van der Waals surface area (Å²) in [6.45, 7) is -0.181. The minimum atomic E-state index is -0.587. The van der Waals surface area contributed by atoms with Crippen molar-refractivity contribution in [2.75, 3.05) is 6.73 Å². The van der Waals surface area contributed by atoms with Gasteiger partial charge in [-0.05, 0) is 68.1 Å². The first-order valence-corrected chi connectivity index (χ1v) is 10.6. The number of carbonyl (C=O) groups excluding carboxylic acids is 2. The topological polar surface area (TPSA) is 132 Å². The van der Waals surface area contributed by atoms with E-state index in [-0.39, 0.29) is 18.7 Å². The second-order valence-corrected chi connectivity index (χ2v) is 7.63. The van der Waals surface area contributed by atoms with E-state index in [1.165, 1.54) is 6.42 Å². The van der Waals surface area contributed by atoms with Crippen molar-refractivity contribution in [2.24, 2.45) is 5.73 Å². The summed E-state index contributed by atoms with van der Waals surface area (Å²) in [6, 6.07) is 12.2.